The molecule has 2 aromatic heterocycles. The molecule has 0 saturated carbocycles. The quantitative estimate of drug-likeness (QED) is 0.683. The number of nitrogens with zero attached hydrogens (tertiary/aromatic N) is 1. The lowest BCUT2D eigenvalue weighted by molar-refractivity contribution is 0.0701. The van der Waals surface area contributed by atoms with E-state index in [1.165, 1.54) is 0 Å². The van der Waals surface area contributed by atoms with Gasteiger partial charge in [0.05, 0.1) is 17.0 Å². The number of rotatable bonds is 5. The van der Waals surface area contributed by atoms with Crippen LogP contribution in [0.2, 0.25) is 0 Å². The van der Waals surface area contributed by atoms with Crippen molar-refractivity contribution in [3.05, 3.63) is 56.4 Å². The Hall–Kier alpha value is -2.64. The lowest BCUT2D eigenvalue weighted by Gasteiger charge is -2.03. The molecule has 3 rings (SSSR count). The van der Waals surface area contributed by atoms with E-state index in [0.29, 0.717) is 17.0 Å². The number of aromatic carboxylic acids is 1. The van der Waals surface area contributed by atoms with Crippen molar-refractivity contribution in [2.45, 2.75) is 13.8 Å². The van der Waals surface area contributed by atoms with Gasteiger partial charge >= 0.3 is 5.97 Å². The highest BCUT2D eigenvalue weighted by molar-refractivity contribution is 7.20. The summed E-state index contributed by atoms with van der Waals surface area (Å²) in [6, 6.07) is 7.31. The molecule has 0 fully saturated rings. The molecule has 0 unspecified atom stereocenters. The summed E-state index contributed by atoms with van der Waals surface area (Å²) >= 11 is 7.27. The van der Waals surface area contributed by atoms with E-state index in [9.17, 15) is 14.7 Å². The van der Waals surface area contributed by atoms with Crippen LogP contribution in [-0.4, -0.2) is 27.7 Å². The van der Waals surface area contributed by atoms with Crippen LogP contribution in [0.25, 0.3) is 21.3 Å². The van der Waals surface area contributed by atoms with Crippen LogP contribution < -0.4 is 10.3 Å². The summed E-state index contributed by atoms with van der Waals surface area (Å²) in [6.45, 7) is 4.08. The number of carboxylic acid groups (broad SMARTS) is 1. The maximum absolute atomic E-state index is 12.3. The van der Waals surface area contributed by atoms with Crippen LogP contribution in [0.5, 0.6) is 5.75 Å². The molecular formula is C18H15ClN2O4S. The van der Waals surface area contributed by atoms with Crippen molar-refractivity contribution in [3.63, 3.8) is 0 Å². The van der Waals surface area contributed by atoms with Crippen molar-refractivity contribution in [3.8, 4) is 5.75 Å². The Morgan fingerprint density at radius 1 is 1.38 bits per heavy atom. The van der Waals surface area contributed by atoms with Gasteiger partial charge in [0.1, 0.15) is 15.5 Å². The lowest BCUT2D eigenvalue weighted by Crippen LogP contribution is -2.10. The second-order valence-electron chi connectivity index (χ2n) is 5.45. The van der Waals surface area contributed by atoms with Crippen LogP contribution >= 0.6 is 22.9 Å². The predicted molar refractivity (Wildman–Crippen MR) is 103 cm³/mol. The number of hydrogen-bond acceptors (Lipinski definition) is 5. The molecule has 0 atom stereocenters. The molecule has 3 aromatic rings. The Morgan fingerprint density at radius 3 is 2.69 bits per heavy atom. The third-order valence-electron chi connectivity index (χ3n) is 3.71. The van der Waals surface area contributed by atoms with Gasteiger partial charge in [-0.1, -0.05) is 23.7 Å². The molecule has 0 bridgehead atoms. The minimum absolute atomic E-state index is 0.0989. The van der Waals surface area contributed by atoms with Gasteiger partial charge in [-0.25, -0.2) is 9.78 Å². The average Bonchev–Trinajstić information content (AvgIpc) is 2.94. The third kappa shape index (κ3) is 3.49. The van der Waals surface area contributed by atoms with E-state index in [-0.39, 0.29) is 21.1 Å². The summed E-state index contributed by atoms with van der Waals surface area (Å²) in [5.74, 6) is -0.136. The van der Waals surface area contributed by atoms with Crippen LogP contribution in [-0.2, 0) is 0 Å². The Bertz CT molecular complexity index is 1070. The fourth-order valence-electron chi connectivity index (χ4n) is 2.50. The Labute approximate surface area is 157 Å². The first-order valence-corrected chi connectivity index (χ1v) is 8.97. The smallest absolute Gasteiger partial charge is 0.346 e. The normalized spacial score (nSPS) is 11.7. The van der Waals surface area contributed by atoms with Crippen molar-refractivity contribution < 1.29 is 14.6 Å². The van der Waals surface area contributed by atoms with Crippen molar-refractivity contribution >= 4 is 50.2 Å². The minimum Gasteiger partial charge on any atom is -0.494 e. The number of carboxylic acids is 1. The van der Waals surface area contributed by atoms with Gasteiger partial charge < -0.3 is 14.8 Å². The number of ether oxygens (including phenoxy) is 1. The molecule has 1 aromatic carbocycles. The molecule has 6 nitrogen and oxygen atoms in total. The van der Waals surface area contributed by atoms with Gasteiger partial charge in [0.25, 0.3) is 5.56 Å². The average molecular weight is 391 g/mol. The SMILES string of the molecule is CCOc1ccc(/C=C(\Cl)c2nc3sc(C(=O)O)c(C)c3c(=O)[nH]2)cc1. The number of carbonyl (C=O) groups is 1. The summed E-state index contributed by atoms with van der Waals surface area (Å²) in [5.41, 5.74) is 0.809. The summed E-state index contributed by atoms with van der Waals surface area (Å²) in [4.78, 5) is 31.0. The molecule has 0 radical (unpaired) electrons. The molecule has 2 heterocycles. The van der Waals surface area contributed by atoms with Gasteiger partial charge in [0.15, 0.2) is 5.82 Å². The number of nitrogens with one attached hydrogen (secondary N) is 1. The van der Waals surface area contributed by atoms with Gasteiger partial charge in [0.2, 0.25) is 0 Å². The lowest BCUT2D eigenvalue weighted by atomic mass is 10.2. The highest BCUT2D eigenvalue weighted by Gasteiger charge is 2.19. The summed E-state index contributed by atoms with van der Waals surface area (Å²) in [5, 5.41) is 9.74. The highest BCUT2D eigenvalue weighted by atomic mass is 35.5. The molecule has 134 valence electrons. The number of fused-ring (bicyclic) bond motifs is 1. The molecule has 2 N–H and O–H groups in total. The van der Waals surface area contributed by atoms with Gasteiger partial charge in [-0.05, 0) is 43.2 Å². The van der Waals surface area contributed by atoms with Gasteiger partial charge in [-0.2, -0.15) is 0 Å². The van der Waals surface area contributed by atoms with E-state index in [2.05, 4.69) is 9.97 Å². The van der Waals surface area contributed by atoms with Crippen LogP contribution in [0.15, 0.2) is 29.1 Å². The van der Waals surface area contributed by atoms with Crippen LogP contribution in [0, 0.1) is 6.92 Å². The predicted octanol–water partition coefficient (Wildman–Crippen LogP) is 4.13. The number of aromatic amines is 1. The number of hydrogen-bond donors (Lipinski definition) is 2. The number of thiophene rings is 1. The summed E-state index contributed by atoms with van der Waals surface area (Å²) < 4.78 is 5.39. The second kappa shape index (κ2) is 7.31. The Morgan fingerprint density at radius 2 is 2.08 bits per heavy atom. The first kappa shape index (κ1) is 18.2. The molecule has 0 aliphatic rings. The molecule has 0 spiro atoms. The van der Waals surface area contributed by atoms with Crippen LogP contribution in [0.3, 0.4) is 0 Å². The van der Waals surface area contributed by atoms with E-state index in [4.69, 9.17) is 16.3 Å². The van der Waals surface area contributed by atoms with E-state index >= 15 is 0 Å². The molecule has 26 heavy (non-hydrogen) atoms. The van der Waals surface area contributed by atoms with E-state index in [0.717, 1.165) is 22.6 Å². The fourth-order valence-corrected chi connectivity index (χ4v) is 3.74. The first-order valence-electron chi connectivity index (χ1n) is 7.77. The monoisotopic (exact) mass is 390 g/mol. The molecule has 0 aliphatic carbocycles. The van der Waals surface area contributed by atoms with Gasteiger partial charge in [-0.15, -0.1) is 11.3 Å². The third-order valence-corrected chi connectivity index (χ3v) is 5.17. The van der Waals surface area contributed by atoms with Gasteiger partial charge in [-0.3, -0.25) is 4.79 Å². The summed E-state index contributed by atoms with van der Waals surface area (Å²) in [7, 11) is 0. The standard InChI is InChI=1S/C18H15ClN2O4S/c1-3-25-11-6-4-10(5-7-11)8-12(19)15-20-16(22)13-9(2)14(18(23)24)26-17(13)21-15/h4-8H,3H2,1-2H3,(H,23,24)(H,20,21,22)/b12-8-. The second-order valence-corrected chi connectivity index (χ2v) is 6.86. The highest BCUT2D eigenvalue weighted by Crippen LogP contribution is 2.28. The Kier molecular flexibility index (Phi) is 5.11. The number of halogens is 1. The largest absolute Gasteiger partial charge is 0.494 e. The van der Waals surface area contributed by atoms with E-state index in [1.807, 2.05) is 31.2 Å². The number of aryl methyl sites for hydroxylation is 1. The van der Waals surface area contributed by atoms with Crippen LogP contribution in [0.1, 0.15) is 33.5 Å². The fraction of sp³-hybridized carbons (Fsp3) is 0.167. The summed E-state index contributed by atoms with van der Waals surface area (Å²) in [6.07, 6.45) is 1.67. The molecular weight excluding hydrogens is 376 g/mol. The van der Waals surface area contributed by atoms with E-state index in [1.54, 1.807) is 13.0 Å². The van der Waals surface area contributed by atoms with Crippen LogP contribution in [0.4, 0.5) is 0 Å². The van der Waals surface area contributed by atoms with Gasteiger partial charge in [0, 0.05) is 0 Å². The number of aromatic nitrogens is 2. The van der Waals surface area contributed by atoms with E-state index < -0.39 is 11.5 Å². The maximum Gasteiger partial charge on any atom is 0.346 e. The first-order chi connectivity index (χ1) is 12.4. The molecule has 8 heteroatoms. The molecule has 0 saturated heterocycles. The maximum atomic E-state index is 12.3. The number of benzene rings is 1. The zero-order valence-corrected chi connectivity index (χ0v) is 15.6. The van der Waals surface area contributed by atoms with Crippen molar-refractivity contribution in [1.82, 2.24) is 9.97 Å². The molecule has 0 aliphatic heterocycles. The number of H-pyrrole nitrogens is 1. The van der Waals surface area contributed by atoms with Crippen molar-refractivity contribution in [2.75, 3.05) is 6.61 Å². The Balaban J connectivity index is 2.01. The van der Waals surface area contributed by atoms with Crippen molar-refractivity contribution in [2.24, 2.45) is 0 Å². The topological polar surface area (TPSA) is 92.3 Å². The zero-order valence-electron chi connectivity index (χ0n) is 14.0. The van der Waals surface area contributed by atoms with Crippen molar-refractivity contribution in [1.29, 1.82) is 0 Å². The molecule has 0 amide bonds. The minimum atomic E-state index is -1.08. The zero-order chi connectivity index (χ0) is 18.8.